The fraction of sp³-hybridized carbons (Fsp3) is 0.600. The number of hydrogen-bond donors (Lipinski definition) is 1. The van der Waals surface area contributed by atoms with Gasteiger partial charge in [-0.2, -0.15) is 61.8 Å². The van der Waals surface area contributed by atoms with Gasteiger partial charge < -0.3 is 37.2 Å². The smallest absolute Gasteiger partial charge is 0 e. The van der Waals surface area contributed by atoms with Crippen LogP contribution in [-0.2, 0) is 26.2 Å². The molecule has 0 aliphatic heterocycles. The SMILES string of the molecule is CCN(CC)C([N-]CCCCCN)[N-]C(C)C.CCN(CC)C([NH-])[N-]C(C)C.[CH2-]c1ccccc1.[CH2-]c1ccccc1.[Zr]. The molecule has 0 bridgehead atoms. The first-order chi connectivity index (χ1) is 20.1. The fourth-order valence-electron chi connectivity index (χ4n) is 3.62. The molecular formula is C35H63N7Zr-6. The van der Waals surface area contributed by atoms with Gasteiger partial charge in [0.2, 0.25) is 0 Å². The molecule has 0 aliphatic rings. The summed E-state index contributed by atoms with van der Waals surface area (Å²) < 4.78 is 0. The third kappa shape index (κ3) is 29.3. The van der Waals surface area contributed by atoms with Crippen LogP contribution >= 0.6 is 0 Å². The van der Waals surface area contributed by atoms with Crippen LogP contribution in [0.15, 0.2) is 60.7 Å². The van der Waals surface area contributed by atoms with Gasteiger partial charge in [-0.25, -0.2) is 0 Å². The molecule has 2 rings (SSSR count). The van der Waals surface area contributed by atoms with Gasteiger partial charge in [0.1, 0.15) is 0 Å². The number of nitrogens with one attached hydrogen (secondary N) is 1. The molecule has 0 fully saturated rings. The van der Waals surface area contributed by atoms with Crippen molar-refractivity contribution in [1.29, 1.82) is 0 Å². The molecule has 2 aromatic carbocycles. The Bertz CT molecular complexity index is 748. The molecule has 248 valence electrons. The molecule has 0 amide bonds. The molecule has 0 saturated carbocycles. The third-order valence-corrected chi connectivity index (χ3v) is 6.01. The van der Waals surface area contributed by atoms with Crippen LogP contribution in [0.2, 0.25) is 0 Å². The first kappa shape index (κ1) is 46.2. The Kier molecular flexibility index (Phi) is 34.6. The summed E-state index contributed by atoms with van der Waals surface area (Å²) in [5.41, 5.74) is 15.2. The Labute approximate surface area is 286 Å². The van der Waals surface area contributed by atoms with Crippen LogP contribution in [0.3, 0.4) is 0 Å². The normalized spacial score (nSPS) is 11.9. The summed E-state index contributed by atoms with van der Waals surface area (Å²) in [6.45, 7) is 29.6. The Hall–Kier alpha value is -1.22. The van der Waals surface area contributed by atoms with Crippen LogP contribution in [0.5, 0.6) is 0 Å². The summed E-state index contributed by atoms with van der Waals surface area (Å²) in [5, 5.41) is 13.6. The molecule has 2 unspecified atom stereocenters. The zero-order valence-corrected chi connectivity index (χ0v) is 31.1. The van der Waals surface area contributed by atoms with Gasteiger partial charge in [-0.05, 0) is 39.1 Å². The van der Waals surface area contributed by atoms with Crippen molar-refractivity contribution in [2.45, 2.75) is 99.3 Å². The second kappa shape index (κ2) is 32.2. The van der Waals surface area contributed by atoms with Crippen molar-refractivity contribution in [2.24, 2.45) is 5.73 Å². The van der Waals surface area contributed by atoms with E-state index in [0.717, 1.165) is 63.2 Å². The van der Waals surface area contributed by atoms with E-state index in [1.165, 1.54) is 6.42 Å². The van der Waals surface area contributed by atoms with Crippen molar-refractivity contribution in [3.05, 3.63) is 107 Å². The fourth-order valence-corrected chi connectivity index (χ4v) is 3.62. The first-order valence-corrected chi connectivity index (χ1v) is 15.8. The van der Waals surface area contributed by atoms with E-state index in [1.807, 2.05) is 79.4 Å². The largest absolute Gasteiger partial charge is 0.681 e. The maximum atomic E-state index is 7.62. The Morgan fingerprint density at radius 2 is 1.09 bits per heavy atom. The molecule has 43 heavy (non-hydrogen) atoms. The molecular weight excluding hydrogens is 610 g/mol. The molecule has 7 nitrogen and oxygen atoms in total. The molecule has 0 radical (unpaired) electrons. The maximum Gasteiger partial charge on any atom is 0 e. The summed E-state index contributed by atoms with van der Waals surface area (Å²) in [6, 6.07) is 20.4. The van der Waals surface area contributed by atoms with Crippen LogP contribution in [0.4, 0.5) is 0 Å². The van der Waals surface area contributed by atoms with Crippen LogP contribution in [0.1, 0.15) is 85.8 Å². The van der Waals surface area contributed by atoms with Crippen LogP contribution in [0, 0.1) is 13.8 Å². The summed E-state index contributed by atoms with van der Waals surface area (Å²) in [7, 11) is 0. The first-order valence-electron chi connectivity index (χ1n) is 15.8. The number of benzene rings is 2. The molecule has 2 aromatic rings. The van der Waals surface area contributed by atoms with Gasteiger partial charge in [0, 0.05) is 26.2 Å². The van der Waals surface area contributed by atoms with Gasteiger partial charge in [-0.3, -0.25) is 0 Å². The number of hydrogen-bond acceptors (Lipinski definition) is 3. The van der Waals surface area contributed by atoms with Crippen LogP contribution < -0.4 is 5.73 Å². The van der Waals surface area contributed by atoms with Gasteiger partial charge in [-0.15, -0.1) is 42.9 Å². The van der Waals surface area contributed by atoms with E-state index in [0.29, 0.717) is 6.04 Å². The van der Waals surface area contributed by atoms with Gasteiger partial charge >= 0.3 is 0 Å². The standard InChI is InChI=1S/C13H30N4.C8H19N3.2C7H7.Zr/c1-5-17(6-2)13(16-12(3)4)15-11-9-7-8-10-14;1-5-11(6-2)8(9)10-7(3)4;2*1-7-5-3-2-4-6-7;/h12-13H,5-11,14H2,1-4H3;7-9H,5-6H2,1-4H3;2*2-6H,1H2;/q2*-2;2*-1;. The number of nitrogens with zero attached hydrogens (tertiary/aromatic N) is 5. The second-order valence-electron chi connectivity index (χ2n) is 10.4. The molecule has 8 heteroatoms. The van der Waals surface area contributed by atoms with Crippen molar-refractivity contribution in [2.75, 3.05) is 39.3 Å². The molecule has 0 saturated heterocycles. The van der Waals surface area contributed by atoms with Crippen LogP contribution in [-0.4, -0.2) is 73.7 Å². The van der Waals surface area contributed by atoms with E-state index in [-0.39, 0.29) is 44.8 Å². The molecule has 0 spiro atoms. The van der Waals surface area contributed by atoms with Crippen molar-refractivity contribution >= 4 is 0 Å². The number of unbranched alkanes of at least 4 members (excludes halogenated alkanes) is 2. The molecule has 0 aliphatic carbocycles. The zero-order chi connectivity index (χ0) is 32.2. The monoisotopic (exact) mass is 671 g/mol. The predicted molar refractivity (Wildman–Crippen MR) is 188 cm³/mol. The third-order valence-electron chi connectivity index (χ3n) is 6.01. The average Bonchev–Trinajstić information content (AvgIpc) is 2.95. The van der Waals surface area contributed by atoms with Gasteiger partial charge in [0.15, 0.2) is 0 Å². The van der Waals surface area contributed by atoms with Gasteiger partial charge in [-0.1, -0.05) is 80.4 Å². The van der Waals surface area contributed by atoms with Crippen molar-refractivity contribution < 1.29 is 26.2 Å². The van der Waals surface area contributed by atoms with E-state index in [2.05, 4.69) is 70.9 Å². The van der Waals surface area contributed by atoms with Gasteiger partial charge in [0.25, 0.3) is 0 Å². The van der Waals surface area contributed by atoms with Crippen molar-refractivity contribution in [3.63, 3.8) is 0 Å². The summed E-state index contributed by atoms with van der Waals surface area (Å²) in [6.07, 6.45) is 3.08. The predicted octanol–water partition coefficient (Wildman–Crippen LogP) is 9.08. The minimum absolute atomic E-state index is 0. The minimum atomic E-state index is -0.370. The van der Waals surface area contributed by atoms with E-state index in [4.69, 9.17) is 16.8 Å². The number of nitrogens with two attached hydrogens (primary N) is 1. The summed E-state index contributed by atoms with van der Waals surface area (Å²) in [4.78, 5) is 4.31. The minimum Gasteiger partial charge on any atom is -0.681 e. The van der Waals surface area contributed by atoms with E-state index in [1.54, 1.807) is 0 Å². The average molecular weight is 673 g/mol. The number of rotatable bonds is 16. The molecule has 3 N–H and O–H groups in total. The topological polar surface area (TPSA) is 98.6 Å². The van der Waals surface area contributed by atoms with E-state index in [9.17, 15) is 0 Å². The Morgan fingerprint density at radius 1 is 0.674 bits per heavy atom. The molecule has 0 aromatic heterocycles. The van der Waals surface area contributed by atoms with Gasteiger partial charge in [0.05, 0.1) is 0 Å². The quantitative estimate of drug-likeness (QED) is 0.142. The van der Waals surface area contributed by atoms with E-state index < -0.39 is 0 Å². The van der Waals surface area contributed by atoms with Crippen molar-refractivity contribution in [3.8, 4) is 0 Å². The molecule has 0 heterocycles. The zero-order valence-electron chi connectivity index (χ0n) is 28.7. The van der Waals surface area contributed by atoms with Crippen molar-refractivity contribution in [1.82, 2.24) is 9.80 Å². The summed E-state index contributed by atoms with van der Waals surface area (Å²) >= 11 is 0. The maximum absolute atomic E-state index is 7.62. The van der Waals surface area contributed by atoms with E-state index >= 15 is 0 Å². The molecule has 2 atom stereocenters. The Balaban J connectivity index is -0.000000527. The summed E-state index contributed by atoms with van der Waals surface area (Å²) in [5.74, 6) is 0. The van der Waals surface area contributed by atoms with Crippen LogP contribution in [0.25, 0.3) is 21.7 Å². The second-order valence-corrected chi connectivity index (χ2v) is 10.4. The Morgan fingerprint density at radius 3 is 1.40 bits per heavy atom.